The number of halogens is 1. The molecule has 1 aromatic carbocycles. The molecule has 2 saturated carbocycles. The molecule has 128 valence electrons. The Bertz CT molecular complexity index is 550. The van der Waals surface area contributed by atoms with Gasteiger partial charge in [0.05, 0.1) is 7.11 Å². The maximum absolute atomic E-state index is 12.7. The highest BCUT2D eigenvalue weighted by Gasteiger charge is 2.40. The van der Waals surface area contributed by atoms with Crippen molar-refractivity contribution in [3.8, 4) is 5.75 Å². The quantitative estimate of drug-likeness (QED) is 0.890. The highest BCUT2D eigenvalue weighted by Crippen LogP contribution is 2.39. The zero-order valence-electron chi connectivity index (χ0n) is 13.9. The molecule has 0 heterocycles. The predicted molar refractivity (Wildman–Crippen MR) is 94.3 cm³/mol. The van der Waals surface area contributed by atoms with E-state index in [1.165, 1.54) is 19.3 Å². The van der Waals surface area contributed by atoms with Crippen LogP contribution in [-0.4, -0.2) is 25.1 Å². The van der Waals surface area contributed by atoms with E-state index >= 15 is 0 Å². The minimum Gasteiger partial charge on any atom is -0.497 e. The lowest BCUT2D eigenvalue weighted by molar-refractivity contribution is 0.0755. The summed E-state index contributed by atoms with van der Waals surface area (Å²) in [6.07, 6.45) is 5.75. The molecule has 1 amide bonds. The second-order valence-corrected chi connectivity index (χ2v) is 6.86. The Hall–Kier alpha value is -1.26. The Morgan fingerprint density at radius 2 is 1.91 bits per heavy atom. The van der Waals surface area contributed by atoms with E-state index in [4.69, 9.17) is 10.5 Å². The molecule has 1 aromatic rings. The minimum atomic E-state index is 0. The maximum Gasteiger partial charge on any atom is 0.251 e. The van der Waals surface area contributed by atoms with Crippen LogP contribution in [0.15, 0.2) is 18.2 Å². The van der Waals surface area contributed by atoms with E-state index in [-0.39, 0.29) is 18.3 Å². The predicted octanol–water partition coefficient (Wildman–Crippen LogP) is 3.06. The zero-order chi connectivity index (χ0) is 15.7. The molecule has 4 nitrogen and oxygen atoms in total. The van der Waals surface area contributed by atoms with E-state index in [1.807, 2.05) is 25.1 Å². The lowest BCUT2D eigenvalue weighted by atomic mass is 9.67. The molecule has 2 unspecified atom stereocenters. The van der Waals surface area contributed by atoms with E-state index in [1.54, 1.807) is 7.11 Å². The van der Waals surface area contributed by atoms with Gasteiger partial charge in [-0.05, 0) is 68.2 Å². The summed E-state index contributed by atoms with van der Waals surface area (Å²) in [5.74, 6) is 1.92. The average molecular weight is 339 g/mol. The van der Waals surface area contributed by atoms with Crippen molar-refractivity contribution in [2.24, 2.45) is 17.6 Å². The van der Waals surface area contributed by atoms with Crippen molar-refractivity contribution in [1.29, 1.82) is 0 Å². The number of methoxy groups -OCH3 is 1. The minimum absolute atomic E-state index is 0. The third-order valence-corrected chi connectivity index (χ3v) is 5.35. The highest BCUT2D eigenvalue weighted by molar-refractivity contribution is 5.96. The molecule has 3 rings (SSSR count). The number of benzene rings is 1. The van der Waals surface area contributed by atoms with Crippen molar-refractivity contribution in [2.45, 2.75) is 51.1 Å². The van der Waals surface area contributed by atoms with Crippen LogP contribution in [0.1, 0.15) is 48.0 Å². The number of hydrogen-bond acceptors (Lipinski definition) is 3. The number of ether oxygens (including phenoxy) is 1. The SMILES string of the molecule is COc1ccc(C(=O)NC2C3CCCC2CC(N)C3)c(C)c1.Cl. The van der Waals surface area contributed by atoms with Gasteiger partial charge in [-0.1, -0.05) is 6.42 Å². The molecule has 0 aromatic heterocycles. The Kier molecular flexibility index (Phi) is 5.93. The second-order valence-electron chi connectivity index (χ2n) is 6.86. The molecular weight excluding hydrogens is 312 g/mol. The van der Waals surface area contributed by atoms with Gasteiger partial charge in [0.1, 0.15) is 5.75 Å². The van der Waals surface area contributed by atoms with Gasteiger partial charge in [0.15, 0.2) is 0 Å². The molecule has 0 saturated heterocycles. The number of nitrogens with one attached hydrogen (secondary N) is 1. The first-order valence-corrected chi connectivity index (χ1v) is 8.29. The fourth-order valence-corrected chi connectivity index (χ4v) is 4.27. The van der Waals surface area contributed by atoms with Crippen LogP contribution >= 0.6 is 12.4 Å². The Labute approximate surface area is 144 Å². The first kappa shape index (κ1) is 18.1. The molecule has 0 radical (unpaired) electrons. The molecule has 2 fully saturated rings. The molecule has 2 bridgehead atoms. The summed E-state index contributed by atoms with van der Waals surface area (Å²) >= 11 is 0. The molecule has 5 heteroatoms. The second kappa shape index (κ2) is 7.54. The number of carbonyl (C=O) groups is 1. The van der Waals surface area contributed by atoms with Crippen molar-refractivity contribution in [3.63, 3.8) is 0 Å². The van der Waals surface area contributed by atoms with Crippen molar-refractivity contribution in [1.82, 2.24) is 5.32 Å². The first-order valence-electron chi connectivity index (χ1n) is 8.29. The topological polar surface area (TPSA) is 64.3 Å². The van der Waals surface area contributed by atoms with Crippen LogP contribution in [0, 0.1) is 18.8 Å². The van der Waals surface area contributed by atoms with Gasteiger partial charge in [-0.15, -0.1) is 12.4 Å². The smallest absolute Gasteiger partial charge is 0.251 e. The highest BCUT2D eigenvalue weighted by atomic mass is 35.5. The summed E-state index contributed by atoms with van der Waals surface area (Å²) in [6.45, 7) is 1.95. The molecule has 3 N–H and O–H groups in total. The van der Waals surface area contributed by atoms with Crippen molar-refractivity contribution < 1.29 is 9.53 Å². The van der Waals surface area contributed by atoms with Gasteiger partial charge in [0.2, 0.25) is 0 Å². The van der Waals surface area contributed by atoms with Crippen molar-refractivity contribution >= 4 is 18.3 Å². The molecular formula is C18H27ClN2O2. The Morgan fingerprint density at radius 3 is 2.48 bits per heavy atom. The summed E-state index contributed by atoms with van der Waals surface area (Å²) in [4.78, 5) is 12.7. The van der Waals surface area contributed by atoms with E-state index in [2.05, 4.69) is 5.32 Å². The fourth-order valence-electron chi connectivity index (χ4n) is 4.27. The number of amides is 1. The summed E-state index contributed by atoms with van der Waals surface area (Å²) in [7, 11) is 1.64. The van der Waals surface area contributed by atoms with Crippen LogP contribution in [0.2, 0.25) is 0 Å². The normalized spacial score (nSPS) is 29.3. The average Bonchev–Trinajstić information content (AvgIpc) is 2.47. The van der Waals surface area contributed by atoms with E-state index in [9.17, 15) is 4.79 Å². The van der Waals surface area contributed by atoms with Crippen LogP contribution in [-0.2, 0) is 0 Å². The zero-order valence-corrected chi connectivity index (χ0v) is 14.7. The van der Waals surface area contributed by atoms with Gasteiger partial charge in [0.25, 0.3) is 5.91 Å². The van der Waals surface area contributed by atoms with Crippen LogP contribution < -0.4 is 15.8 Å². The van der Waals surface area contributed by atoms with E-state index in [0.29, 0.717) is 23.9 Å². The molecule has 23 heavy (non-hydrogen) atoms. The monoisotopic (exact) mass is 338 g/mol. The van der Waals surface area contributed by atoms with Crippen LogP contribution in [0.5, 0.6) is 5.75 Å². The van der Waals surface area contributed by atoms with Gasteiger partial charge in [-0.2, -0.15) is 0 Å². The van der Waals surface area contributed by atoms with Gasteiger partial charge in [0, 0.05) is 17.6 Å². The van der Waals surface area contributed by atoms with Gasteiger partial charge in [-0.25, -0.2) is 0 Å². The van der Waals surface area contributed by atoms with Gasteiger partial charge >= 0.3 is 0 Å². The Morgan fingerprint density at radius 1 is 1.26 bits per heavy atom. The van der Waals surface area contributed by atoms with Crippen LogP contribution in [0.3, 0.4) is 0 Å². The summed E-state index contributed by atoms with van der Waals surface area (Å²) < 4.78 is 5.21. The van der Waals surface area contributed by atoms with Gasteiger partial charge in [-0.3, -0.25) is 4.79 Å². The number of rotatable bonds is 3. The summed E-state index contributed by atoms with van der Waals surface area (Å²) in [5, 5.41) is 3.30. The number of fused-ring (bicyclic) bond motifs is 2. The largest absolute Gasteiger partial charge is 0.497 e. The lowest BCUT2D eigenvalue weighted by Crippen LogP contribution is -2.53. The van der Waals surface area contributed by atoms with Crippen molar-refractivity contribution in [2.75, 3.05) is 7.11 Å². The van der Waals surface area contributed by atoms with Crippen molar-refractivity contribution in [3.05, 3.63) is 29.3 Å². The van der Waals surface area contributed by atoms with Gasteiger partial charge < -0.3 is 15.8 Å². The number of hydrogen-bond donors (Lipinski definition) is 2. The fraction of sp³-hybridized carbons (Fsp3) is 0.611. The third kappa shape index (κ3) is 3.81. The molecule has 0 aliphatic heterocycles. The van der Waals surface area contributed by atoms with E-state index < -0.39 is 0 Å². The van der Waals surface area contributed by atoms with Crippen LogP contribution in [0.4, 0.5) is 0 Å². The molecule has 0 spiro atoms. The molecule has 2 aliphatic rings. The standard InChI is InChI=1S/C18H26N2O2.ClH/c1-11-8-15(22-2)6-7-16(11)18(21)20-17-12-4-3-5-13(17)10-14(19)9-12;/h6-8,12-14,17H,3-5,9-10,19H2,1-2H3,(H,20,21);1H. The molecule has 2 aliphatic carbocycles. The van der Waals surface area contributed by atoms with E-state index in [0.717, 1.165) is 29.7 Å². The number of carbonyl (C=O) groups excluding carboxylic acids is 1. The summed E-state index contributed by atoms with van der Waals surface area (Å²) in [5.41, 5.74) is 7.86. The summed E-state index contributed by atoms with van der Waals surface area (Å²) in [6, 6.07) is 6.22. The Balaban J connectivity index is 0.00000192. The third-order valence-electron chi connectivity index (χ3n) is 5.35. The first-order chi connectivity index (χ1) is 10.6. The number of aryl methyl sites for hydroxylation is 1. The maximum atomic E-state index is 12.7. The number of nitrogens with two attached hydrogens (primary N) is 1. The molecule has 2 atom stereocenters. The van der Waals surface area contributed by atoms with Crippen LogP contribution in [0.25, 0.3) is 0 Å². The lowest BCUT2D eigenvalue weighted by Gasteiger charge is -2.45.